The van der Waals surface area contributed by atoms with Crippen molar-refractivity contribution in [1.29, 1.82) is 0 Å². The van der Waals surface area contributed by atoms with Gasteiger partial charge in [0.15, 0.2) is 0 Å². The summed E-state index contributed by atoms with van der Waals surface area (Å²) in [5, 5.41) is 2.86. The Balaban J connectivity index is 1.59. The molecule has 2 aromatic carbocycles. The zero-order valence-electron chi connectivity index (χ0n) is 15.9. The van der Waals surface area contributed by atoms with Crippen molar-refractivity contribution in [3.63, 3.8) is 0 Å². The number of rotatable bonds is 7. The largest absolute Gasteiger partial charge is 0.497 e. The molecule has 1 aliphatic rings. The monoisotopic (exact) mass is 386 g/mol. The van der Waals surface area contributed by atoms with Crippen LogP contribution in [0.4, 0.5) is 10.1 Å². The van der Waals surface area contributed by atoms with Gasteiger partial charge in [-0.3, -0.25) is 9.59 Å². The van der Waals surface area contributed by atoms with Gasteiger partial charge in [-0.05, 0) is 36.2 Å². The molecule has 7 heteroatoms. The molecule has 1 unspecified atom stereocenters. The molecule has 2 amide bonds. The number of amides is 2. The van der Waals surface area contributed by atoms with Crippen molar-refractivity contribution < 1.29 is 23.5 Å². The Morgan fingerprint density at radius 1 is 1.18 bits per heavy atom. The first kappa shape index (κ1) is 19.7. The molecule has 3 rings (SSSR count). The normalized spacial score (nSPS) is 16.2. The highest BCUT2D eigenvalue weighted by Crippen LogP contribution is 2.35. The first-order chi connectivity index (χ1) is 13.5. The number of hydrogen-bond donors (Lipinski definition) is 1. The van der Waals surface area contributed by atoms with Gasteiger partial charge >= 0.3 is 0 Å². The van der Waals surface area contributed by atoms with Gasteiger partial charge in [-0.1, -0.05) is 12.1 Å². The fraction of sp³-hybridized carbons (Fsp3) is 0.333. The predicted octanol–water partition coefficient (Wildman–Crippen LogP) is 2.55. The maximum atomic E-state index is 12.9. The molecule has 1 N–H and O–H groups in total. The number of halogens is 1. The van der Waals surface area contributed by atoms with Gasteiger partial charge in [-0.25, -0.2) is 4.39 Å². The molecule has 1 atom stereocenters. The number of methoxy groups -OCH3 is 2. The second-order valence-electron chi connectivity index (χ2n) is 6.61. The highest BCUT2D eigenvalue weighted by atomic mass is 19.1. The Labute approximate surface area is 163 Å². The Kier molecular flexibility index (Phi) is 6.13. The lowest BCUT2D eigenvalue weighted by atomic mass is 10.1. The molecule has 0 aliphatic carbocycles. The number of nitrogens with one attached hydrogen (secondary N) is 1. The van der Waals surface area contributed by atoms with E-state index in [0.717, 1.165) is 5.56 Å². The van der Waals surface area contributed by atoms with E-state index in [1.165, 1.54) is 19.2 Å². The van der Waals surface area contributed by atoms with Gasteiger partial charge < -0.3 is 19.7 Å². The first-order valence-corrected chi connectivity index (χ1v) is 9.06. The van der Waals surface area contributed by atoms with Crippen molar-refractivity contribution in [2.75, 3.05) is 32.2 Å². The van der Waals surface area contributed by atoms with E-state index in [1.807, 2.05) is 0 Å². The third kappa shape index (κ3) is 4.42. The van der Waals surface area contributed by atoms with Crippen molar-refractivity contribution in [2.45, 2.75) is 12.8 Å². The Hall–Kier alpha value is -3.09. The summed E-state index contributed by atoms with van der Waals surface area (Å²) in [7, 11) is 3.08. The smallest absolute Gasteiger partial charge is 0.227 e. The topological polar surface area (TPSA) is 67.9 Å². The molecule has 1 saturated heterocycles. The van der Waals surface area contributed by atoms with E-state index in [2.05, 4.69) is 5.32 Å². The van der Waals surface area contributed by atoms with Crippen LogP contribution in [0.1, 0.15) is 12.0 Å². The van der Waals surface area contributed by atoms with E-state index in [1.54, 1.807) is 42.3 Å². The number of carbonyl (C=O) groups excluding carboxylic acids is 2. The fourth-order valence-electron chi connectivity index (χ4n) is 3.25. The number of carbonyl (C=O) groups is 2. The minimum absolute atomic E-state index is 0.123. The van der Waals surface area contributed by atoms with E-state index < -0.39 is 5.92 Å². The van der Waals surface area contributed by atoms with Crippen molar-refractivity contribution in [3.05, 3.63) is 53.8 Å². The van der Waals surface area contributed by atoms with Crippen LogP contribution in [-0.2, 0) is 16.0 Å². The minimum Gasteiger partial charge on any atom is -0.497 e. The molecule has 1 aliphatic heterocycles. The molecule has 0 radical (unpaired) electrons. The van der Waals surface area contributed by atoms with Crippen LogP contribution in [0.5, 0.6) is 11.5 Å². The van der Waals surface area contributed by atoms with Crippen molar-refractivity contribution in [2.24, 2.45) is 5.92 Å². The molecule has 2 aromatic rings. The van der Waals surface area contributed by atoms with Crippen LogP contribution >= 0.6 is 0 Å². The van der Waals surface area contributed by atoms with Crippen molar-refractivity contribution >= 4 is 17.5 Å². The Morgan fingerprint density at radius 3 is 2.61 bits per heavy atom. The van der Waals surface area contributed by atoms with Crippen LogP contribution in [0, 0.1) is 11.7 Å². The molecular weight excluding hydrogens is 363 g/mol. The lowest BCUT2D eigenvalue weighted by Crippen LogP contribution is -2.34. The summed E-state index contributed by atoms with van der Waals surface area (Å²) in [4.78, 5) is 26.5. The van der Waals surface area contributed by atoms with Crippen LogP contribution in [0.3, 0.4) is 0 Å². The maximum Gasteiger partial charge on any atom is 0.227 e. The molecule has 1 heterocycles. The van der Waals surface area contributed by atoms with E-state index in [9.17, 15) is 14.0 Å². The third-order valence-electron chi connectivity index (χ3n) is 4.80. The van der Waals surface area contributed by atoms with E-state index in [-0.39, 0.29) is 24.1 Å². The highest BCUT2D eigenvalue weighted by molar-refractivity contribution is 6.01. The van der Waals surface area contributed by atoms with Gasteiger partial charge in [0.1, 0.15) is 17.3 Å². The number of nitrogens with zero attached hydrogens (tertiary/aromatic N) is 1. The summed E-state index contributed by atoms with van der Waals surface area (Å²) in [5.41, 5.74) is 1.56. The molecule has 0 bridgehead atoms. The standard InChI is InChI=1S/C21H23FN2O4/c1-27-17-7-8-18(19(12-17)28-2)24-13-15(11-20(24)25)21(26)23-10-9-14-3-5-16(22)6-4-14/h3-8,12,15H,9-11,13H2,1-2H3,(H,23,26). The van der Waals surface area contributed by atoms with Gasteiger partial charge in [-0.2, -0.15) is 0 Å². The van der Waals surface area contributed by atoms with Crippen LogP contribution < -0.4 is 19.7 Å². The Morgan fingerprint density at radius 2 is 1.93 bits per heavy atom. The van der Waals surface area contributed by atoms with Crippen molar-refractivity contribution in [1.82, 2.24) is 5.32 Å². The average molecular weight is 386 g/mol. The third-order valence-corrected chi connectivity index (χ3v) is 4.80. The SMILES string of the molecule is COc1ccc(N2CC(C(=O)NCCc3ccc(F)cc3)CC2=O)c(OC)c1. The predicted molar refractivity (Wildman–Crippen MR) is 103 cm³/mol. The number of hydrogen-bond acceptors (Lipinski definition) is 4. The van der Waals surface area contributed by atoms with Gasteiger partial charge in [0, 0.05) is 25.6 Å². The number of anilines is 1. The molecule has 6 nitrogen and oxygen atoms in total. The number of benzene rings is 2. The van der Waals surface area contributed by atoms with E-state index in [0.29, 0.717) is 36.7 Å². The van der Waals surface area contributed by atoms with Crippen molar-refractivity contribution in [3.8, 4) is 11.5 Å². The van der Waals surface area contributed by atoms with Gasteiger partial charge in [-0.15, -0.1) is 0 Å². The highest BCUT2D eigenvalue weighted by Gasteiger charge is 2.36. The zero-order chi connectivity index (χ0) is 20.1. The lowest BCUT2D eigenvalue weighted by molar-refractivity contribution is -0.126. The van der Waals surface area contributed by atoms with E-state index in [4.69, 9.17) is 9.47 Å². The van der Waals surface area contributed by atoms with Crippen LogP contribution in [0.2, 0.25) is 0 Å². The molecular formula is C21H23FN2O4. The summed E-state index contributed by atoms with van der Waals surface area (Å²) in [6.45, 7) is 0.727. The summed E-state index contributed by atoms with van der Waals surface area (Å²) in [6.07, 6.45) is 0.750. The van der Waals surface area contributed by atoms with Gasteiger partial charge in [0.05, 0.1) is 25.8 Å². The molecule has 0 aromatic heterocycles. The lowest BCUT2D eigenvalue weighted by Gasteiger charge is -2.20. The van der Waals surface area contributed by atoms with Crippen LogP contribution in [-0.4, -0.2) is 39.1 Å². The summed E-state index contributed by atoms with van der Waals surface area (Å²) in [5.74, 6) is 0.152. The second-order valence-corrected chi connectivity index (χ2v) is 6.61. The Bertz CT molecular complexity index is 854. The summed E-state index contributed by atoms with van der Waals surface area (Å²) >= 11 is 0. The van der Waals surface area contributed by atoms with E-state index >= 15 is 0 Å². The van der Waals surface area contributed by atoms with Gasteiger partial charge in [0.25, 0.3) is 0 Å². The average Bonchev–Trinajstić information content (AvgIpc) is 3.10. The zero-order valence-corrected chi connectivity index (χ0v) is 15.9. The summed E-state index contributed by atoms with van der Waals surface area (Å²) < 4.78 is 23.5. The second kappa shape index (κ2) is 8.73. The van der Waals surface area contributed by atoms with Crippen LogP contribution in [0.15, 0.2) is 42.5 Å². The molecule has 148 valence electrons. The quantitative estimate of drug-likeness (QED) is 0.794. The maximum absolute atomic E-state index is 12.9. The fourth-order valence-corrected chi connectivity index (χ4v) is 3.25. The molecule has 0 saturated carbocycles. The van der Waals surface area contributed by atoms with Crippen LogP contribution in [0.25, 0.3) is 0 Å². The first-order valence-electron chi connectivity index (χ1n) is 9.06. The van der Waals surface area contributed by atoms with Gasteiger partial charge in [0.2, 0.25) is 11.8 Å². The number of ether oxygens (including phenoxy) is 2. The summed E-state index contributed by atoms with van der Waals surface area (Å²) in [6, 6.07) is 11.4. The molecule has 1 fully saturated rings. The minimum atomic E-state index is -0.424. The molecule has 0 spiro atoms. The molecule has 28 heavy (non-hydrogen) atoms.